The molecule has 1 aromatic carbocycles. The Balaban J connectivity index is 1.83. The third-order valence-electron chi connectivity index (χ3n) is 9.45. The summed E-state index contributed by atoms with van der Waals surface area (Å²) in [5, 5.41) is 0. The van der Waals surface area contributed by atoms with Crippen LogP contribution in [0.3, 0.4) is 0 Å². The van der Waals surface area contributed by atoms with Crippen molar-refractivity contribution >= 4 is 13.8 Å². The van der Waals surface area contributed by atoms with Gasteiger partial charge in [0.15, 0.2) is 0 Å². The lowest BCUT2D eigenvalue weighted by Crippen LogP contribution is -2.67. The summed E-state index contributed by atoms with van der Waals surface area (Å²) in [5.41, 5.74) is 8.99. The molecule has 0 radical (unpaired) electrons. The number of benzene rings is 1. The maximum atomic E-state index is 2.95. The fourth-order valence-corrected chi connectivity index (χ4v) is 15.7. The van der Waals surface area contributed by atoms with E-state index in [2.05, 4.69) is 131 Å². The van der Waals surface area contributed by atoms with Gasteiger partial charge in [-0.25, -0.2) is 0 Å². The van der Waals surface area contributed by atoms with E-state index in [1.54, 1.807) is 11.1 Å². The summed E-state index contributed by atoms with van der Waals surface area (Å²) in [6, 6.07) is 7.35. The van der Waals surface area contributed by atoms with Crippen molar-refractivity contribution in [3.63, 3.8) is 0 Å². The van der Waals surface area contributed by atoms with E-state index in [0.717, 1.165) is 11.5 Å². The fourth-order valence-electron chi connectivity index (χ4n) is 9.11. The lowest BCUT2D eigenvalue weighted by atomic mass is 9.75. The third kappa shape index (κ3) is 4.25. The lowest BCUT2D eigenvalue weighted by molar-refractivity contribution is 0.121. The zero-order valence-electron chi connectivity index (χ0n) is 25.4. The van der Waals surface area contributed by atoms with E-state index in [0.29, 0.717) is 11.8 Å². The second-order valence-corrected chi connectivity index (χ2v) is 20.5. The maximum absolute atomic E-state index is 2.95. The SMILES string of the molecule is CC1CC2C=C3C(=CC2C1[Si](C)(C)N(C(C)(C)C)C(C)(C)C)c1ccc(C(C)(C)C)cc1C3(C)C. The molecule has 2 heteroatoms. The first-order chi connectivity index (χ1) is 15.7. The van der Waals surface area contributed by atoms with Gasteiger partial charge in [-0.1, -0.05) is 85.0 Å². The van der Waals surface area contributed by atoms with E-state index in [1.165, 1.54) is 23.1 Å². The number of hydrogen-bond donors (Lipinski definition) is 0. The van der Waals surface area contributed by atoms with Gasteiger partial charge < -0.3 is 4.57 Å². The van der Waals surface area contributed by atoms with Gasteiger partial charge in [0.25, 0.3) is 0 Å². The molecule has 0 amide bonds. The molecule has 1 nitrogen and oxygen atoms in total. The van der Waals surface area contributed by atoms with Gasteiger partial charge >= 0.3 is 0 Å². The van der Waals surface area contributed by atoms with Crippen LogP contribution in [0.1, 0.15) is 106 Å². The van der Waals surface area contributed by atoms with Crippen molar-refractivity contribution in [1.29, 1.82) is 0 Å². The van der Waals surface area contributed by atoms with E-state index in [-0.39, 0.29) is 21.9 Å². The Morgan fingerprint density at radius 3 is 1.97 bits per heavy atom. The summed E-state index contributed by atoms with van der Waals surface area (Å²) in [7, 11) is -1.79. The average Bonchev–Trinajstić information content (AvgIpc) is 3.08. The predicted molar refractivity (Wildman–Crippen MR) is 158 cm³/mol. The normalized spacial score (nSPS) is 28.4. The molecule has 0 heterocycles. The Morgan fingerprint density at radius 2 is 1.46 bits per heavy atom. The molecule has 4 atom stereocenters. The summed E-state index contributed by atoms with van der Waals surface area (Å²) in [6.45, 7) is 34.4. The zero-order valence-corrected chi connectivity index (χ0v) is 26.4. The van der Waals surface area contributed by atoms with Crippen LogP contribution in [0.4, 0.5) is 0 Å². The first-order valence-electron chi connectivity index (χ1n) is 14.1. The molecule has 3 aliphatic carbocycles. The zero-order chi connectivity index (χ0) is 26.5. The molecule has 4 unspecified atom stereocenters. The second-order valence-electron chi connectivity index (χ2n) is 16.1. The molecule has 0 spiro atoms. The molecule has 194 valence electrons. The third-order valence-corrected chi connectivity index (χ3v) is 14.5. The molecule has 4 rings (SSSR count). The molecule has 1 aromatic rings. The van der Waals surface area contributed by atoms with Crippen molar-refractivity contribution in [3.8, 4) is 0 Å². The van der Waals surface area contributed by atoms with Gasteiger partial charge in [0.2, 0.25) is 0 Å². The van der Waals surface area contributed by atoms with Gasteiger partial charge in [-0.3, -0.25) is 0 Å². The molecule has 3 aliphatic rings. The summed E-state index contributed by atoms with van der Waals surface area (Å²) in [4.78, 5) is 0. The molecule has 0 N–H and O–H groups in total. The van der Waals surface area contributed by atoms with E-state index >= 15 is 0 Å². The van der Waals surface area contributed by atoms with Crippen LogP contribution < -0.4 is 0 Å². The van der Waals surface area contributed by atoms with Crippen molar-refractivity contribution in [1.82, 2.24) is 4.57 Å². The summed E-state index contributed by atoms with van der Waals surface area (Å²) >= 11 is 0. The topological polar surface area (TPSA) is 3.24 Å². The van der Waals surface area contributed by atoms with Gasteiger partial charge in [-0.2, -0.15) is 0 Å². The number of allylic oxidation sites excluding steroid dienone is 4. The van der Waals surface area contributed by atoms with Crippen molar-refractivity contribution < 1.29 is 0 Å². The predicted octanol–water partition coefficient (Wildman–Crippen LogP) is 9.35. The van der Waals surface area contributed by atoms with Crippen LogP contribution in [0.5, 0.6) is 0 Å². The molecule has 0 aromatic heterocycles. The van der Waals surface area contributed by atoms with Crippen molar-refractivity contribution in [2.24, 2.45) is 17.8 Å². The molecule has 1 saturated carbocycles. The van der Waals surface area contributed by atoms with Crippen LogP contribution in [0.15, 0.2) is 35.9 Å². The monoisotopic (exact) mass is 491 g/mol. The Kier molecular flexibility index (Phi) is 6.11. The van der Waals surface area contributed by atoms with Crippen molar-refractivity contribution in [2.45, 2.75) is 130 Å². The van der Waals surface area contributed by atoms with Gasteiger partial charge in [0.1, 0.15) is 8.24 Å². The van der Waals surface area contributed by atoms with Crippen LogP contribution in [0.25, 0.3) is 5.57 Å². The molecule has 0 bridgehead atoms. The molecular formula is C33H53NSi. The van der Waals surface area contributed by atoms with E-state index in [4.69, 9.17) is 0 Å². The summed E-state index contributed by atoms with van der Waals surface area (Å²) < 4.78 is 2.95. The Hall–Kier alpha value is -1.12. The van der Waals surface area contributed by atoms with E-state index in [9.17, 15) is 0 Å². The first kappa shape index (κ1) is 26.9. The molecular weight excluding hydrogens is 438 g/mol. The van der Waals surface area contributed by atoms with Crippen LogP contribution in [-0.2, 0) is 10.8 Å². The highest BCUT2D eigenvalue weighted by Crippen LogP contribution is 2.61. The lowest BCUT2D eigenvalue weighted by Gasteiger charge is -2.57. The minimum absolute atomic E-state index is 0.0878. The standard InChI is InChI=1S/C33H53NSi/c1-21-17-22-18-27-26(24-16-15-23(30(2,3)4)19-28(24)33(27,11)12)20-25(22)29(21)35(13,14)34(31(5,6)7)32(8,9)10/h15-16,18-22,25,29H,17H2,1-14H3. The maximum Gasteiger partial charge on any atom is 0.127 e. The van der Waals surface area contributed by atoms with Crippen LogP contribution in [0.2, 0.25) is 18.6 Å². The van der Waals surface area contributed by atoms with E-state index < -0.39 is 8.24 Å². The van der Waals surface area contributed by atoms with E-state index in [1.807, 2.05) is 0 Å². The molecule has 0 saturated heterocycles. The van der Waals surface area contributed by atoms with Gasteiger partial charge in [-0.15, -0.1) is 0 Å². The number of nitrogens with zero attached hydrogens (tertiary/aromatic N) is 1. The van der Waals surface area contributed by atoms with Crippen LogP contribution in [0, 0.1) is 17.8 Å². The Bertz CT molecular complexity index is 1050. The first-order valence-corrected chi connectivity index (χ1v) is 17.1. The fraction of sp³-hybridized carbons (Fsp3) is 0.697. The minimum atomic E-state index is -1.79. The average molecular weight is 492 g/mol. The summed E-state index contributed by atoms with van der Waals surface area (Å²) in [5.74, 6) is 2.09. The minimum Gasteiger partial charge on any atom is -0.314 e. The molecule has 35 heavy (non-hydrogen) atoms. The smallest absolute Gasteiger partial charge is 0.127 e. The Labute approximate surface area is 218 Å². The molecule has 0 aliphatic heterocycles. The Morgan fingerprint density at radius 1 is 0.886 bits per heavy atom. The molecule has 1 fully saturated rings. The number of fused-ring (bicyclic) bond motifs is 4. The van der Waals surface area contributed by atoms with Gasteiger partial charge in [0, 0.05) is 16.5 Å². The highest BCUT2D eigenvalue weighted by atomic mass is 28.3. The largest absolute Gasteiger partial charge is 0.314 e. The van der Waals surface area contributed by atoms with Crippen LogP contribution in [-0.4, -0.2) is 23.9 Å². The van der Waals surface area contributed by atoms with Gasteiger partial charge in [0.05, 0.1) is 0 Å². The van der Waals surface area contributed by atoms with Crippen molar-refractivity contribution in [2.75, 3.05) is 0 Å². The second kappa shape index (κ2) is 7.94. The van der Waals surface area contributed by atoms with Gasteiger partial charge in [-0.05, 0) is 105 Å². The highest BCUT2D eigenvalue weighted by molar-refractivity contribution is 6.76. The van der Waals surface area contributed by atoms with Crippen LogP contribution >= 0.6 is 0 Å². The summed E-state index contributed by atoms with van der Waals surface area (Å²) in [6.07, 6.45) is 6.83. The number of hydrogen-bond acceptors (Lipinski definition) is 1. The number of rotatable bonds is 2. The highest BCUT2D eigenvalue weighted by Gasteiger charge is 2.56. The quantitative estimate of drug-likeness (QED) is 0.372. The van der Waals surface area contributed by atoms with Crippen molar-refractivity contribution in [3.05, 3.63) is 52.6 Å².